The molecule has 114 valence electrons. The van der Waals surface area contributed by atoms with Crippen LogP contribution in [0.2, 0.25) is 0 Å². The molecular weight excluding hydrogens is 280 g/mol. The number of hydrogen-bond acceptors (Lipinski definition) is 5. The van der Waals surface area contributed by atoms with Crippen LogP contribution in [0.5, 0.6) is 11.5 Å². The first-order valence-corrected chi connectivity index (χ1v) is 6.54. The second-order valence-electron chi connectivity index (χ2n) is 4.84. The molecule has 1 fully saturated rings. The maximum Gasteiger partial charge on any atom is 0.122 e. The van der Waals surface area contributed by atoms with Gasteiger partial charge in [-0.3, -0.25) is 0 Å². The fourth-order valence-corrected chi connectivity index (χ4v) is 2.30. The summed E-state index contributed by atoms with van der Waals surface area (Å²) in [4.78, 5) is 0. The molecule has 0 bridgehead atoms. The molecule has 2 atom stereocenters. The Bertz CT molecular complexity index is 395. The monoisotopic (exact) mass is 302 g/mol. The number of hydrogen-bond donors (Lipinski definition) is 3. The van der Waals surface area contributed by atoms with Gasteiger partial charge in [0.2, 0.25) is 0 Å². The summed E-state index contributed by atoms with van der Waals surface area (Å²) < 4.78 is 10.5. The molecule has 2 rings (SSSR count). The van der Waals surface area contributed by atoms with Crippen molar-refractivity contribution in [2.45, 2.75) is 12.6 Å². The van der Waals surface area contributed by atoms with Crippen molar-refractivity contribution in [1.29, 1.82) is 0 Å². The van der Waals surface area contributed by atoms with E-state index < -0.39 is 0 Å². The molecule has 0 spiro atoms. The van der Waals surface area contributed by atoms with Gasteiger partial charge in [0.15, 0.2) is 0 Å². The van der Waals surface area contributed by atoms with Crippen LogP contribution in [-0.4, -0.2) is 45.1 Å². The molecule has 1 aromatic carbocycles. The van der Waals surface area contributed by atoms with Crippen LogP contribution in [0.3, 0.4) is 0 Å². The number of ether oxygens (including phenoxy) is 2. The summed E-state index contributed by atoms with van der Waals surface area (Å²) in [6.45, 7) is 3.10. The van der Waals surface area contributed by atoms with Gasteiger partial charge in [-0.25, -0.2) is 0 Å². The average Bonchev–Trinajstić information content (AvgIpc) is 2.84. The predicted octanol–water partition coefficient (Wildman–Crippen LogP) is 0.796. The number of benzene rings is 1. The van der Waals surface area contributed by atoms with Gasteiger partial charge in [0.25, 0.3) is 0 Å². The highest BCUT2D eigenvalue weighted by Gasteiger charge is 2.23. The van der Waals surface area contributed by atoms with Crippen LogP contribution in [0.15, 0.2) is 18.2 Å². The molecule has 0 saturated carbocycles. The maximum atomic E-state index is 9.71. The standard InChI is InChI=1S/C14H22N2O3.ClH/c1-18-12-3-10(4-13(5-12)19-2)6-15-7-11-8-16-9-14(11)17;/h3-5,11,14-17H,6-9H2,1-2H3;1H. The Morgan fingerprint density at radius 1 is 1.20 bits per heavy atom. The summed E-state index contributed by atoms with van der Waals surface area (Å²) in [7, 11) is 3.29. The highest BCUT2D eigenvalue weighted by Crippen LogP contribution is 2.22. The third-order valence-electron chi connectivity index (χ3n) is 3.45. The minimum atomic E-state index is -0.243. The van der Waals surface area contributed by atoms with E-state index in [1.54, 1.807) is 14.2 Å². The molecule has 0 radical (unpaired) electrons. The number of aliphatic hydroxyl groups excluding tert-OH is 1. The second kappa shape index (κ2) is 8.32. The minimum Gasteiger partial charge on any atom is -0.497 e. The first kappa shape index (κ1) is 17.0. The van der Waals surface area contributed by atoms with Crippen molar-refractivity contribution in [3.8, 4) is 11.5 Å². The van der Waals surface area contributed by atoms with Gasteiger partial charge in [-0.05, 0) is 17.7 Å². The fraction of sp³-hybridized carbons (Fsp3) is 0.571. The molecule has 1 aromatic rings. The highest BCUT2D eigenvalue weighted by molar-refractivity contribution is 5.85. The molecule has 20 heavy (non-hydrogen) atoms. The van der Waals surface area contributed by atoms with E-state index in [4.69, 9.17) is 9.47 Å². The third kappa shape index (κ3) is 4.52. The van der Waals surface area contributed by atoms with Crippen molar-refractivity contribution < 1.29 is 14.6 Å². The number of halogens is 1. The van der Waals surface area contributed by atoms with Gasteiger partial charge in [-0.1, -0.05) is 0 Å². The first-order valence-electron chi connectivity index (χ1n) is 6.54. The number of methoxy groups -OCH3 is 2. The van der Waals surface area contributed by atoms with Gasteiger partial charge in [-0.2, -0.15) is 0 Å². The van der Waals surface area contributed by atoms with E-state index in [0.717, 1.165) is 36.7 Å². The molecule has 1 heterocycles. The Labute approximate surface area is 126 Å². The van der Waals surface area contributed by atoms with Crippen molar-refractivity contribution in [3.63, 3.8) is 0 Å². The molecule has 1 aliphatic rings. The van der Waals surface area contributed by atoms with E-state index in [2.05, 4.69) is 10.6 Å². The lowest BCUT2D eigenvalue weighted by Crippen LogP contribution is -2.30. The van der Waals surface area contributed by atoms with E-state index in [-0.39, 0.29) is 24.4 Å². The number of aliphatic hydroxyl groups is 1. The van der Waals surface area contributed by atoms with E-state index in [1.807, 2.05) is 18.2 Å². The molecule has 1 aliphatic heterocycles. The summed E-state index contributed by atoms with van der Waals surface area (Å²) in [6.07, 6.45) is -0.243. The van der Waals surface area contributed by atoms with Crippen LogP contribution in [0, 0.1) is 5.92 Å². The van der Waals surface area contributed by atoms with Crippen LogP contribution in [0.25, 0.3) is 0 Å². The number of nitrogens with one attached hydrogen (secondary N) is 2. The van der Waals surface area contributed by atoms with Crippen LogP contribution in [0.1, 0.15) is 5.56 Å². The molecule has 2 unspecified atom stereocenters. The van der Waals surface area contributed by atoms with Crippen molar-refractivity contribution >= 4 is 12.4 Å². The molecule has 3 N–H and O–H groups in total. The summed E-state index contributed by atoms with van der Waals surface area (Å²) in [5.74, 6) is 1.87. The lowest BCUT2D eigenvalue weighted by Gasteiger charge is -2.15. The largest absolute Gasteiger partial charge is 0.497 e. The molecular formula is C14H23ClN2O3. The number of β-amino-alcohol motifs (C(OH)–C–C–N with tert-alkyl or cyclic N) is 1. The zero-order valence-electron chi connectivity index (χ0n) is 11.9. The molecule has 6 heteroatoms. The van der Waals surface area contributed by atoms with Gasteiger partial charge < -0.3 is 25.2 Å². The Kier molecular flexibility index (Phi) is 7.09. The molecule has 1 saturated heterocycles. The van der Waals surface area contributed by atoms with Crippen molar-refractivity contribution in [3.05, 3.63) is 23.8 Å². The average molecular weight is 303 g/mol. The normalized spacial score (nSPS) is 21.4. The van der Waals surface area contributed by atoms with E-state index >= 15 is 0 Å². The quantitative estimate of drug-likeness (QED) is 0.725. The smallest absolute Gasteiger partial charge is 0.122 e. The van der Waals surface area contributed by atoms with Crippen molar-refractivity contribution in [2.24, 2.45) is 5.92 Å². The Balaban J connectivity index is 0.00000200. The second-order valence-corrected chi connectivity index (χ2v) is 4.84. The van der Waals surface area contributed by atoms with E-state index in [9.17, 15) is 5.11 Å². The highest BCUT2D eigenvalue weighted by atomic mass is 35.5. The van der Waals surface area contributed by atoms with E-state index in [0.29, 0.717) is 6.54 Å². The lowest BCUT2D eigenvalue weighted by molar-refractivity contribution is 0.146. The zero-order valence-corrected chi connectivity index (χ0v) is 12.7. The molecule has 0 aliphatic carbocycles. The summed E-state index contributed by atoms with van der Waals surface area (Å²) in [5, 5.41) is 16.3. The van der Waals surface area contributed by atoms with Crippen molar-refractivity contribution in [1.82, 2.24) is 10.6 Å². The van der Waals surface area contributed by atoms with E-state index in [1.165, 1.54) is 0 Å². The number of rotatable bonds is 6. The van der Waals surface area contributed by atoms with Crippen LogP contribution in [0.4, 0.5) is 0 Å². The fourth-order valence-electron chi connectivity index (χ4n) is 2.30. The van der Waals surface area contributed by atoms with Crippen molar-refractivity contribution in [2.75, 3.05) is 33.9 Å². The third-order valence-corrected chi connectivity index (χ3v) is 3.45. The summed E-state index contributed by atoms with van der Waals surface area (Å²) in [5.41, 5.74) is 1.11. The Morgan fingerprint density at radius 2 is 1.85 bits per heavy atom. The van der Waals surface area contributed by atoms with Crippen LogP contribution >= 0.6 is 12.4 Å². The molecule has 0 aromatic heterocycles. The van der Waals surface area contributed by atoms with Crippen LogP contribution < -0.4 is 20.1 Å². The lowest BCUT2D eigenvalue weighted by atomic mass is 10.1. The van der Waals surface area contributed by atoms with Gasteiger partial charge in [0.05, 0.1) is 20.3 Å². The topological polar surface area (TPSA) is 62.8 Å². The minimum absolute atomic E-state index is 0. The zero-order chi connectivity index (χ0) is 13.7. The van der Waals surface area contributed by atoms with Gasteiger partial charge in [0.1, 0.15) is 11.5 Å². The molecule has 0 amide bonds. The molecule has 5 nitrogen and oxygen atoms in total. The maximum absolute atomic E-state index is 9.71. The summed E-state index contributed by atoms with van der Waals surface area (Å²) >= 11 is 0. The summed E-state index contributed by atoms with van der Waals surface area (Å²) in [6, 6.07) is 5.83. The Hall–Kier alpha value is -1.01. The van der Waals surface area contributed by atoms with Gasteiger partial charge in [0, 0.05) is 38.2 Å². The first-order chi connectivity index (χ1) is 9.22. The Morgan fingerprint density at radius 3 is 2.35 bits per heavy atom. The van der Waals surface area contributed by atoms with Gasteiger partial charge in [-0.15, -0.1) is 12.4 Å². The van der Waals surface area contributed by atoms with Gasteiger partial charge >= 0.3 is 0 Å². The predicted molar refractivity (Wildman–Crippen MR) is 80.9 cm³/mol. The van der Waals surface area contributed by atoms with Crippen LogP contribution in [-0.2, 0) is 6.54 Å². The SMILES string of the molecule is COc1cc(CNCC2CNCC2O)cc(OC)c1.Cl.